The van der Waals surface area contributed by atoms with Gasteiger partial charge in [-0.1, -0.05) is 0 Å². The number of rotatable bonds is 3. The van der Waals surface area contributed by atoms with Gasteiger partial charge in [0.15, 0.2) is 0 Å². The molecule has 0 fully saturated rings. The lowest BCUT2D eigenvalue weighted by Crippen LogP contribution is -2.38. The van der Waals surface area contributed by atoms with E-state index in [0.717, 1.165) is 0 Å². The fraction of sp³-hybridized carbons (Fsp3) is 0.667. The third-order valence-electron chi connectivity index (χ3n) is 1.11. The van der Waals surface area contributed by atoms with Crippen LogP contribution in [0.4, 0.5) is 9.59 Å². The summed E-state index contributed by atoms with van der Waals surface area (Å²) in [7, 11) is 2.58. The molecule has 0 aromatic heterocycles. The highest BCUT2D eigenvalue weighted by atomic mass is 28.4. The Morgan fingerprint density at radius 1 is 0.941 bits per heavy atom. The van der Waals surface area contributed by atoms with Gasteiger partial charge in [0, 0.05) is 27.9 Å². The summed E-state index contributed by atoms with van der Waals surface area (Å²) in [5.41, 5.74) is 8.06. The maximum absolute atomic E-state index is 8.78. The molecule has 0 aliphatic carbocycles. The zero-order valence-corrected chi connectivity index (χ0v) is 10.6. The molecule has 0 saturated carbocycles. The molecule has 0 aliphatic heterocycles. The van der Waals surface area contributed by atoms with Gasteiger partial charge >= 0.3 is 21.0 Å². The van der Waals surface area contributed by atoms with E-state index < -0.39 is 21.0 Å². The molecule has 106 valence electrons. The molecule has 6 N–H and O–H groups in total. The van der Waals surface area contributed by atoms with Crippen LogP contribution in [0.2, 0.25) is 6.55 Å². The Bertz CT molecular complexity index is 173. The Kier molecular flexibility index (Phi) is 21.8. The van der Waals surface area contributed by atoms with Gasteiger partial charge in [0.2, 0.25) is 0 Å². The molecule has 9 nitrogen and oxygen atoms in total. The highest BCUT2D eigenvalue weighted by Crippen LogP contribution is 2.02. The number of carboxylic acid groups (broad SMARTS) is 2. The molecule has 0 aromatic carbocycles. The van der Waals surface area contributed by atoms with Crippen molar-refractivity contribution >= 4 is 32.0 Å². The molecular weight excluding hydrogens is 268 g/mol. The SMILES string of the molecule is CO[Si](C)(OC)OC.NC(=O)O.NC(=O)O.[SiH4]. The first-order valence-corrected chi connectivity index (χ1v) is 5.99. The Labute approximate surface area is 105 Å². The monoisotopic (exact) mass is 290 g/mol. The van der Waals surface area contributed by atoms with Crippen LogP contribution >= 0.6 is 0 Å². The summed E-state index contributed by atoms with van der Waals surface area (Å²) < 4.78 is 14.8. The minimum atomic E-state index is -2.17. The molecule has 0 heterocycles. The smallest absolute Gasteiger partial charge is 0.465 e. The molecule has 0 spiro atoms. The molecule has 17 heavy (non-hydrogen) atoms. The van der Waals surface area contributed by atoms with Crippen molar-refractivity contribution < 1.29 is 33.1 Å². The average molecular weight is 290 g/mol. The topological polar surface area (TPSA) is 154 Å². The van der Waals surface area contributed by atoms with E-state index in [2.05, 4.69) is 11.5 Å². The van der Waals surface area contributed by atoms with Gasteiger partial charge in [0.25, 0.3) is 0 Å². The second-order valence-electron chi connectivity index (χ2n) is 2.15. The normalized spacial score (nSPS) is 8.47. The number of nitrogens with two attached hydrogens (primary N) is 2. The largest absolute Gasteiger partial charge is 0.496 e. The van der Waals surface area contributed by atoms with Gasteiger partial charge in [-0.3, -0.25) is 0 Å². The van der Waals surface area contributed by atoms with Crippen LogP contribution in [0, 0.1) is 0 Å². The average Bonchev–Trinajstić information content (AvgIpc) is 2.15. The molecule has 0 saturated heterocycles. The van der Waals surface area contributed by atoms with Gasteiger partial charge in [-0.2, -0.15) is 0 Å². The minimum absolute atomic E-state index is 0. The first-order chi connectivity index (χ1) is 7.15. The summed E-state index contributed by atoms with van der Waals surface area (Å²) in [6.07, 6.45) is -2.67. The summed E-state index contributed by atoms with van der Waals surface area (Å²) in [5.74, 6) is 0. The van der Waals surface area contributed by atoms with E-state index in [0.29, 0.717) is 0 Å². The lowest BCUT2D eigenvalue weighted by atomic mass is 11.3. The summed E-state index contributed by atoms with van der Waals surface area (Å²) in [4.78, 5) is 17.6. The predicted octanol–water partition coefficient (Wildman–Crippen LogP) is -1.71. The fourth-order valence-electron chi connectivity index (χ4n) is 0.250. The van der Waals surface area contributed by atoms with Crippen LogP contribution in [-0.4, -0.2) is 63.5 Å². The van der Waals surface area contributed by atoms with Gasteiger partial charge in [-0.15, -0.1) is 0 Å². The molecule has 2 amide bonds. The van der Waals surface area contributed by atoms with Gasteiger partial charge in [-0.25, -0.2) is 9.59 Å². The molecular formula is C6H22N2O7Si2. The quantitative estimate of drug-likeness (QED) is 0.451. The summed E-state index contributed by atoms with van der Waals surface area (Å²) in [6.45, 7) is 1.83. The molecule has 0 bridgehead atoms. The van der Waals surface area contributed by atoms with Gasteiger partial charge in [-0.05, 0) is 11.0 Å². The third-order valence-corrected chi connectivity index (χ3v) is 3.34. The number of amides is 2. The van der Waals surface area contributed by atoms with Crippen LogP contribution in [0.1, 0.15) is 0 Å². The van der Waals surface area contributed by atoms with E-state index in [4.69, 9.17) is 33.1 Å². The van der Waals surface area contributed by atoms with Crippen molar-refractivity contribution in [3.05, 3.63) is 0 Å². The van der Waals surface area contributed by atoms with E-state index in [1.165, 1.54) is 0 Å². The molecule has 0 rings (SSSR count). The van der Waals surface area contributed by atoms with Crippen molar-refractivity contribution in [1.29, 1.82) is 0 Å². The number of carbonyl (C=O) groups is 2. The van der Waals surface area contributed by atoms with Crippen LogP contribution in [0.15, 0.2) is 0 Å². The van der Waals surface area contributed by atoms with Crippen LogP contribution in [0.5, 0.6) is 0 Å². The van der Waals surface area contributed by atoms with Gasteiger partial charge < -0.3 is 35.0 Å². The van der Waals surface area contributed by atoms with Crippen LogP contribution in [-0.2, 0) is 13.3 Å². The van der Waals surface area contributed by atoms with Crippen LogP contribution < -0.4 is 11.5 Å². The molecule has 0 aromatic rings. The van der Waals surface area contributed by atoms with E-state index in [1.54, 1.807) is 21.3 Å². The first kappa shape index (κ1) is 24.9. The van der Waals surface area contributed by atoms with Crippen molar-refractivity contribution in [2.75, 3.05) is 21.3 Å². The Balaban J connectivity index is -0.0000000806. The molecule has 0 aliphatic rings. The van der Waals surface area contributed by atoms with Crippen molar-refractivity contribution in [3.63, 3.8) is 0 Å². The molecule has 0 unspecified atom stereocenters. The van der Waals surface area contributed by atoms with Crippen molar-refractivity contribution in [2.24, 2.45) is 11.5 Å². The second-order valence-corrected chi connectivity index (χ2v) is 5.10. The standard InChI is InChI=1S/C4H12O3Si.2CH3NO2.H4Si/c1-5-8(4,6-2)7-3;2*2-1(3)4;/h1-4H3;2*2H2,(H,3,4);1H4. The van der Waals surface area contributed by atoms with E-state index in [-0.39, 0.29) is 11.0 Å². The number of hydrogen-bond acceptors (Lipinski definition) is 5. The highest BCUT2D eigenvalue weighted by molar-refractivity contribution is 6.58. The Morgan fingerprint density at radius 2 is 1.06 bits per heavy atom. The Morgan fingerprint density at radius 3 is 1.06 bits per heavy atom. The zero-order valence-electron chi connectivity index (χ0n) is 9.59. The summed E-state index contributed by atoms with van der Waals surface area (Å²) >= 11 is 0. The highest BCUT2D eigenvalue weighted by Gasteiger charge is 2.29. The maximum atomic E-state index is 8.78. The Hall–Kier alpha value is -1.15. The van der Waals surface area contributed by atoms with Crippen molar-refractivity contribution in [2.45, 2.75) is 6.55 Å². The summed E-state index contributed by atoms with van der Waals surface area (Å²) in [5, 5.41) is 14.4. The first-order valence-electron chi connectivity index (χ1n) is 3.77. The predicted molar refractivity (Wildman–Crippen MR) is 68.4 cm³/mol. The van der Waals surface area contributed by atoms with Gasteiger partial charge in [0.05, 0.1) is 0 Å². The number of hydrogen-bond donors (Lipinski definition) is 4. The zero-order chi connectivity index (χ0) is 13.8. The lowest BCUT2D eigenvalue weighted by molar-refractivity contribution is 0.132. The van der Waals surface area contributed by atoms with Crippen LogP contribution in [0.3, 0.4) is 0 Å². The molecule has 11 heteroatoms. The van der Waals surface area contributed by atoms with Gasteiger partial charge in [0.1, 0.15) is 0 Å². The van der Waals surface area contributed by atoms with E-state index in [1.807, 2.05) is 6.55 Å². The fourth-order valence-corrected chi connectivity index (χ4v) is 0.750. The maximum Gasteiger partial charge on any atom is 0.496 e. The number of primary amides is 2. The van der Waals surface area contributed by atoms with E-state index in [9.17, 15) is 0 Å². The van der Waals surface area contributed by atoms with Crippen molar-refractivity contribution in [3.8, 4) is 0 Å². The molecule has 0 atom stereocenters. The second kappa shape index (κ2) is 14.9. The third kappa shape index (κ3) is 39.8. The molecule has 0 radical (unpaired) electrons. The lowest BCUT2D eigenvalue weighted by Gasteiger charge is -2.18. The van der Waals surface area contributed by atoms with E-state index >= 15 is 0 Å². The minimum Gasteiger partial charge on any atom is -0.465 e. The van der Waals surface area contributed by atoms with Crippen LogP contribution in [0.25, 0.3) is 0 Å². The summed E-state index contributed by atoms with van der Waals surface area (Å²) in [6, 6.07) is 0. The van der Waals surface area contributed by atoms with Crippen molar-refractivity contribution in [1.82, 2.24) is 0 Å².